The van der Waals surface area contributed by atoms with Gasteiger partial charge in [0.2, 0.25) is 11.7 Å². The second kappa shape index (κ2) is 7.86. The molecule has 0 radical (unpaired) electrons. The minimum Gasteiger partial charge on any atom is -0.337 e. The van der Waals surface area contributed by atoms with E-state index in [0.717, 1.165) is 5.56 Å². The smallest absolute Gasteiger partial charge is 0.249 e. The fraction of sp³-hybridized carbons (Fsp3) is 0.263. The van der Waals surface area contributed by atoms with Crippen LogP contribution in [0.15, 0.2) is 54.6 Å². The van der Waals surface area contributed by atoms with Gasteiger partial charge in [-0.1, -0.05) is 42.5 Å². The van der Waals surface area contributed by atoms with Crippen molar-refractivity contribution in [2.75, 3.05) is 6.54 Å². The number of tetrazole rings is 1. The summed E-state index contributed by atoms with van der Waals surface area (Å²) >= 11 is 0. The molecule has 0 aliphatic rings. The number of carbonyl (C=O) groups is 1. The van der Waals surface area contributed by atoms with Crippen LogP contribution in [0.25, 0.3) is 11.4 Å². The molecule has 134 valence electrons. The van der Waals surface area contributed by atoms with Gasteiger partial charge >= 0.3 is 0 Å². The van der Waals surface area contributed by atoms with Crippen LogP contribution in [0.2, 0.25) is 0 Å². The maximum Gasteiger partial charge on any atom is 0.249 e. The summed E-state index contributed by atoms with van der Waals surface area (Å²) in [5.74, 6) is -0.183. The second-order valence-electron chi connectivity index (χ2n) is 5.96. The second-order valence-corrected chi connectivity index (χ2v) is 5.96. The number of likely N-dealkylation sites (N-methyl/N-ethyl adjacent to an activating group) is 1. The number of hydrogen-bond acceptors (Lipinski definition) is 4. The van der Waals surface area contributed by atoms with Gasteiger partial charge in [0, 0.05) is 18.7 Å². The molecule has 0 saturated carbocycles. The molecule has 1 atom stereocenters. The monoisotopic (exact) mass is 353 g/mol. The Morgan fingerprint density at radius 2 is 1.96 bits per heavy atom. The van der Waals surface area contributed by atoms with E-state index >= 15 is 0 Å². The molecular formula is C19H20FN5O. The van der Waals surface area contributed by atoms with Gasteiger partial charge in [-0.3, -0.25) is 4.79 Å². The zero-order chi connectivity index (χ0) is 18.5. The number of nitrogens with zero attached hydrogens (tertiary/aromatic N) is 5. The molecule has 3 rings (SSSR count). The first kappa shape index (κ1) is 17.7. The molecule has 1 amide bonds. The largest absolute Gasteiger partial charge is 0.337 e. The van der Waals surface area contributed by atoms with Crippen molar-refractivity contribution in [3.8, 4) is 11.4 Å². The van der Waals surface area contributed by atoms with Gasteiger partial charge < -0.3 is 4.90 Å². The Morgan fingerprint density at radius 3 is 2.65 bits per heavy atom. The molecule has 0 saturated heterocycles. The summed E-state index contributed by atoms with van der Waals surface area (Å²) < 4.78 is 13.4. The van der Waals surface area contributed by atoms with Gasteiger partial charge in [-0.05, 0) is 36.8 Å². The van der Waals surface area contributed by atoms with E-state index in [1.165, 1.54) is 16.9 Å². The standard InChI is InChI=1S/C19H20FN5O/c1-3-24(13-15-8-5-4-6-9-15)19(26)14(2)25-22-18(21-23-25)16-10-7-11-17(20)12-16/h4-12,14H,3,13H2,1-2H3. The molecule has 0 N–H and O–H groups in total. The zero-order valence-corrected chi connectivity index (χ0v) is 14.7. The third-order valence-corrected chi connectivity index (χ3v) is 4.12. The molecule has 6 nitrogen and oxygen atoms in total. The minimum atomic E-state index is -0.603. The van der Waals surface area contributed by atoms with Gasteiger partial charge in [0.05, 0.1) is 0 Å². The van der Waals surface area contributed by atoms with E-state index in [2.05, 4.69) is 15.4 Å². The van der Waals surface area contributed by atoms with E-state index in [9.17, 15) is 9.18 Å². The SMILES string of the molecule is CCN(Cc1ccccc1)C(=O)C(C)n1nnc(-c2cccc(F)c2)n1. The van der Waals surface area contributed by atoms with Crippen molar-refractivity contribution in [3.63, 3.8) is 0 Å². The highest BCUT2D eigenvalue weighted by Gasteiger charge is 2.23. The number of hydrogen-bond donors (Lipinski definition) is 0. The third kappa shape index (κ3) is 3.93. The molecule has 26 heavy (non-hydrogen) atoms. The molecule has 1 unspecified atom stereocenters. The van der Waals surface area contributed by atoms with Crippen LogP contribution in [0.1, 0.15) is 25.5 Å². The van der Waals surface area contributed by atoms with E-state index in [-0.39, 0.29) is 17.5 Å². The minimum absolute atomic E-state index is 0.0976. The van der Waals surface area contributed by atoms with Gasteiger partial charge in [0.1, 0.15) is 11.9 Å². The maximum atomic E-state index is 13.4. The van der Waals surface area contributed by atoms with Crippen LogP contribution < -0.4 is 0 Å². The molecule has 0 bridgehead atoms. The average Bonchev–Trinajstić information content (AvgIpc) is 3.16. The first-order chi connectivity index (χ1) is 12.6. The Labute approximate surface area is 151 Å². The lowest BCUT2D eigenvalue weighted by molar-refractivity contribution is -0.135. The molecule has 0 aliphatic heterocycles. The fourth-order valence-electron chi connectivity index (χ4n) is 2.64. The molecule has 0 spiro atoms. The van der Waals surface area contributed by atoms with Crippen molar-refractivity contribution in [2.45, 2.75) is 26.4 Å². The number of benzene rings is 2. The third-order valence-electron chi connectivity index (χ3n) is 4.12. The van der Waals surface area contributed by atoms with Crippen LogP contribution in [0, 0.1) is 5.82 Å². The lowest BCUT2D eigenvalue weighted by Crippen LogP contribution is -2.36. The Kier molecular flexibility index (Phi) is 5.36. The van der Waals surface area contributed by atoms with E-state index in [4.69, 9.17) is 0 Å². The Balaban J connectivity index is 1.75. The molecule has 0 fully saturated rings. The summed E-state index contributed by atoms with van der Waals surface area (Å²) in [4.78, 5) is 15.8. The van der Waals surface area contributed by atoms with Crippen LogP contribution in [0.3, 0.4) is 0 Å². The number of carbonyl (C=O) groups excluding carboxylic acids is 1. The number of amides is 1. The van der Waals surface area contributed by atoms with Crippen LogP contribution in [0.5, 0.6) is 0 Å². The van der Waals surface area contributed by atoms with Crippen molar-refractivity contribution in [2.24, 2.45) is 0 Å². The van der Waals surface area contributed by atoms with E-state index < -0.39 is 6.04 Å². The average molecular weight is 353 g/mol. The van der Waals surface area contributed by atoms with Gasteiger partial charge in [-0.25, -0.2) is 4.39 Å². The van der Waals surface area contributed by atoms with Crippen LogP contribution >= 0.6 is 0 Å². The number of halogens is 1. The number of rotatable bonds is 6. The summed E-state index contributed by atoms with van der Waals surface area (Å²) in [5, 5.41) is 12.2. The highest BCUT2D eigenvalue weighted by molar-refractivity contribution is 5.79. The molecule has 0 aliphatic carbocycles. The zero-order valence-electron chi connectivity index (χ0n) is 14.7. The van der Waals surface area contributed by atoms with Crippen molar-refractivity contribution in [1.82, 2.24) is 25.1 Å². The lowest BCUT2D eigenvalue weighted by atomic mass is 10.2. The van der Waals surface area contributed by atoms with Gasteiger partial charge in [0.15, 0.2) is 0 Å². The van der Waals surface area contributed by atoms with Crippen LogP contribution in [-0.4, -0.2) is 37.6 Å². The van der Waals surface area contributed by atoms with Crippen molar-refractivity contribution < 1.29 is 9.18 Å². The Morgan fingerprint density at radius 1 is 1.19 bits per heavy atom. The van der Waals surface area contributed by atoms with Gasteiger partial charge in [-0.2, -0.15) is 4.80 Å². The topological polar surface area (TPSA) is 63.9 Å². The number of aromatic nitrogens is 4. The lowest BCUT2D eigenvalue weighted by Gasteiger charge is -2.23. The predicted octanol–water partition coefficient (Wildman–Crippen LogP) is 3.09. The first-order valence-electron chi connectivity index (χ1n) is 8.46. The van der Waals surface area contributed by atoms with E-state index in [1.54, 1.807) is 24.0 Å². The molecule has 2 aromatic carbocycles. The van der Waals surface area contributed by atoms with Crippen LogP contribution in [0.4, 0.5) is 4.39 Å². The van der Waals surface area contributed by atoms with E-state index in [1.807, 2.05) is 37.3 Å². The Bertz CT molecular complexity index is 880. The van der Waals surface area contributed by atoms with Crippen LogP contribution in [-0.2, 0) is 11.3 Å². The summed E-state index contributed by atoms with van der Waals surface area (Å²) in [6.07, 6.45) is 0. The molecule has 7 heteroatoms. The summed E-state index contributed by atoms with van der Waals surface area (Å²) in [5.41, 5.74) is 1.58. The summed E-state index contributed by atoms with van der Waals surface area (Å²) in [6, 6.07) is 15.2. The molecule has 1 aromatic heterocycles. The predicted molar refractivity (Wildman–Crippen MR) is 95.5 cm³/mol. The van der Waals surface area contributed by atoms with Gasteiger partial charge in [0.25, 0.3) is 0 Å². The highest BCUT2D eigenvalue weighted by atomic mass is 19.1. The summed E-state index contributed by atoms with van der Waals surface area (Å²) in [7, 11) is 0. The van der Waals surface area contributed by atoms with Crippen molar-refractivity contribution >= 4 is 5.91 Å². The summed E-state index contributed by atoms with van der Waals surface area (Å²) in [6.45, 7) is 4.75. The Hall–Kier alpha value is -3.09. The highest BCUT2D eigenvalue weighted by Crippen LogP contribution is 2.17. The van der Waals surface area contributed by atoms with Crippen molar-refractivity contribution in [1.29, 1.82) is 0 Å². The first-order valence-corrected chi connectivity index (χ1v) is 8.46. The maximum absolute atomic E-state index is 13.4. The van der Waals surface area contributed by atoms with Crippen molar-refractivity contribution in [3.05, 3.63) is 66.0 Å². The normalized spacial score (nSPS) is 12.0. The molecule has 1 heterocycles. The van der Waals surface area contributed by atoms with E-state index in [0.29, 0.717) is 18.7 Å². The quantitative estimate of drug-likeness (QED) is 0.683. The molecular weight excluding hydrogens is 333 g/mol. The molecule has 3 aromatic rings. The fourth-order valence-corrected chi connectivity index (χ4v) is 2.64. The van der Waals surface area contributed by atoms with Gasteiger partial charge in [-0.15, -0.1) is 10.2 Å².